The molecule has 4 aliphatic carbocycles. The first-order chi connectivity index (χ1) is 14.8. The van der Waals surface area contributed by atoms with Crippen LogP contribution in [0.2, 0.25) is 0 Å². The maximum atomic E-state index is 12.5. The summed E-state index contributed by atoms with van der Waals surface area (Å²) < 4.78 is 0. The third-order valence-electron chi connectivity index (χ3n) is 11.2. The lowest BCUT2D eigenvalue weighted by Crippen LogP contribution is -2.70. The van der Waals surface area contributed by atoms with Gasteiger partial charge in [-0.15, -0.1) is 0 Å². The minimum atomic E-state index is -1.12. The van der Waals surface area contributed by atoms with Gasteiger partial charge in [0.2, 0.25) is 0 Å². The number of hydrogen-bond donors (Lipinski definition) is 4. The topological polar surface area (TPSA) is 115 Å². The van der Waals surface area contributed by atoms with Gasteiger partial charge in [-0.25, -0.2) is 0 Å². The van der Waals surface area contributed by atoms with E-state index in [0.717, 1.165) is 32.1 Å². The van der Waals surface area contributed by atoms with Crippen molar-refractivity contribution in [1.82, 2.24) is 0 Å². The van der Waals surface area contributed by atoms with Crippen LogP contribution in [0.25, 0.3) is 0 Å². The Hall–Kier alpha value is -0.980. The summed E-state index contributed by atoms with van der Waals surface area (Å²) in [6.45, 7) is 10.1. The maximum absolute atomic E-state index is 12.5. The Morgan fingerprint density at radius 3 is 2.16 bits per heavy atom. The Morgan fingerprint density at radius 2 is 1.59 bits per heavy atom. The Kier molecular flexibility index (Phi) is 5.67. The zero-order valence-electron chi connectivity index (χ0n) is 20.3. The molecule has 0 bridgehead atoms. The largest absolute Gasteiger partial charge is 0.481 e. The molecular formula is C26H42O6. The second kappa shape index (κ2) is 7.51. The zero-order valence-corrected chi connectivity index (χ0v) is 20.3. The number of aliphatic hydroxyl groups is 3. The smallest absolute Gasteiger partial charge is 0.307 e. The molecule has 4 N–H and O–H groups in total. The average Bonchev–Trinajstić information content (AvgIpc) is 2.69. The fourth-order valence-corrected chi connectivity index (χ4v) is 9.89. The summed E-state index contributed by atoms with van der Waals surface area (Å²) >= 11 is 0. The molecule has 4 rings (SSSR count). The van der Waals surface area contributed by atoms with E-state index in [1.54, 1.807) is 0 Å². The molecular weight excluding hydrogens is 408 g/mol. The van der Waals surface area contributed by atoms with Crippen LogP contribution in [0.1, 0.15) is 79.6 Å². The summed E-state index contributed by atoms with van der Waals surface area (Å²) in [7, 11) is 0. The van der Waals surface area contributed by atoms with Crippen LogP contribution in [-0.2, 0) is 9.59 Å². The molecule has 182 valence electrons. The molecule has 4 saturated carbocycles. The average molecular weight is 451 g/mol. The Balaban J connectivity index is 1.84. The number of ketones is 1. The van der Waals surface area contributed by atoms with Crippen LogP contribution in [0.4, 0.5) is 0 Å². The molecule has 0 aromatic heterocycles. The molecule has 6 heteroatoms. The number of carbonyl (C=O) groups is 2. The minimum absolute atomic E-state index is 0.0573. The van der Waals surface area contributed by atoms with Gasteiger partial charge in [0.1, 0.15) is 5.78 Å². The van der Waals surface area contributed by atoms with Crippen LogP contribution < -0.4 is 0 Å². The molecule has 0 aliphatic heterocycles. The molecule has 0 heterocycles. The van der Waals surface area contributed by atoms with Crippen LogP contribution in [0.15, 0.2) is 0 Å². The van der Waals surface area contributed by atoms with Gasteiger partial charge in [0.05, 0.1) is 24.0 Å². The number of fused-ring (bicyclic) bond motifs is 5. The minimum Gasteiger partial charge on any atom is -0.481 e. The first-order valence-corrected chi connectivity index (χ1v) is 12.5. The van der Waals surface area contributed by atoms with Gasteiger partial charge in [-0.2, -0.15) is 0 Å². The van der Waals surface area contributed by atoms with Gasteiger partial charge in [-0.3, -0.25) is 9.59 Å². The van der Waals surface area contributed by atoms with Gasteiger partial charge >= 0.3 is 5.97 Å². The summed E-state index contributed by atoms with van der Waals surface area (Å²) in [5.74, 6) is -3.37. The molecule has 4 aliphatic rings. The molecule has 0 spiro atoms. The number of carbonyl (C=O) groups excluding carboxylic acids is 1. The highest BCUT2D eigenvalue weighted by Crippen LogP contribution is 2.73. The molecule has 3 unspecified atom stereocenters. The van der Waals surface area contributed by atoms with Crippen LogP contribution in [0, 0.1) is 51.2 Å². The van der Waals surface area contributed by atoms with Crippen LogP contribution in [0.3, 0.4) is 0 Å². The Bertz CT molecular complexity index is 793. The second-order valence-electron chi connectivity index (χ2n) is 12.8. The molecule has 0 aromatic carbocycles. The van der Waals surface area contributed by atoms with Crippen molar-refractivity contribution < 1.29 is 30.0 Å². The standard InChI is InChI=1S/C26H42O6/c1-14(28)20-15(29)11-17-24(4)10-7-16-23(2,3)8-6-9-26(16,13-27)18(24)12-19(30)25(17,5)21(20)22(31)32/h15-21,27,29-30H,6-13H2,1-5H3,(H,31,32)/t15-,16?,17?,18?,19+,20+,21+,24-,25+,26+/m0/s1. The van der Waals surface area contributed by atoms with Crippen molar-refractivity contribution in [2.24, 2.45) is 51.2 Å². The van der Waals surface area contributed by atoms with Gasteiger partial charge in [0, 0.05) is 17.4 Å². The number of aliphatic hydroxyl groups excluding tert-OH is 3. The van der Waals surface area contributed by atoms with Gasteiger partial charge in [-0.1, -0.05) is 34.1 Å². The third kappa shape index (κ3) is 2.94. The molecule has 0 radical (unpaired) electrons. The third-order valence-corrected chi connectivity index (χ3v) is 11.2. The van der Waals surface area contributed by atoms with Crippen molar-refractivity contribution in [1.29, 1.82) is 0 Å². The van der Waals surface area contributed by atoms with Crippen LogP contribution in [0.5, 0.6) is 0 Å². The van der Waals surface area contributed by atoms with E-state index in [2.05, 4.69) is 20.8 Å². The van der Waals surface area contributed by atoms with E-state index in [1.165, 1.54) is 6.92 Å². The lowest BCUT2D eigenvalue weighted by Gasteiger charge is -2.71. The summed E-state index contributed by atoms with van der Waals surface area (Å²) in [4.78, 5) is 24.9. The van der Waals surface area contributed by atoms with Gasteiger partial charge in [-0.05, 0) is 74.0 Å². The van der Waals surface area contributed by atoms with Crippen molar-refractivity contribution >= 4 is 11.8 Å². The Labute approximate surface area is 191 Å². The monoisotopic (exact) mass is 450 g/mol. The maximum Gasteiger partial charge on any atom is 0.307 e. The molecule has 0 amide bonds. The first kappa shape index (κ1) is 24.2. The number of Topliss-reactive ketones (excluding diaryl/α,β-unsaturated/α-hetero) is 1. The van der Waals surface area contributed by atoms with E-state index in [0.29, 0.717) is 18.8 Å². The van der Waals surface area contributed by atoms with Crippen molar-refractivity contribution in [2.75, 3.05) is 6.61 Å². The normalized spacial score (nSPS) is 52.3. The molecule has 32 heavy (non-hydrogen) atoms. The van der Waals surface area contributed by atoms with Crippen LogP contribution >= 0.6 is 0 Å². The van der Waals surface area contributed by atoms with Crippen molar-refractivity contribution in [3.05, 3.63) is 0 Å². The Morgan fingerprint density at radius 1 is 0.938 bits per heavy atom. The fraction of sp³-hybridized carbons (Fsp3) is 0.923. The first-order valence-electron chi connectivity index (χ1n) is 12.5. The van der Waals surface area contributed by atoms with Crippen molar-refractivity contribution in [3.63, 3.8) is 0 Å². The summed E-state index contributed by atoms with van der Waals surface area (Å²) in [5, 5.41) is 43.7. The van der Waals surface area contributed by atoms with E-state index in [4.69, 9.17) is 0 Å². The van der Waals surface area contributed by atoms with E-state index in [-0.39, 0.29) is 40.5 Å². The summed E-state index contributed by atoms with van der Waals surface area (Å²) in [6, 6.07) is 0. The van der Waals surface area contributed by atoms with Crippen molar-refractivity contribution in [3.8, 4) is 0 Å². The lowest BCUT2D eigenvalue weighted by molar-refractivity contribution is -0.270. The number of carboxylic acids is 1. The molecule has 4 fully saturated rings. The molecule has 0 aromatic rings. The lowest BCUT2D eigenvalue weighted by atomic mass is 9.33. The number of aliphatic carboxylic acids is 1. The zero-order chi connectivity index (χ0) is 23.9. The quantitative estimate of drug-likeness (QED) is 0.525. The molecule has 10 atom stereocenters. The second-order valence-corrected chi connectivity index (χ2v) is 12.8. The summed E-state index contributed by atoms with van der Waals surface area (Å²) in [6.07, 6.45) is 3.81. The fourth-order valence-electron chi connectivity index (χ4n) is 9.89. The number of carboxylic acid groups (broad SMARTS) is 1. The number of hydrogen-bond acceptors (Lipinski definition) is 5. The molecule has 6 nitrogen and oxygen atoms in total. The van der Waals surface area contributed by atoms with Gasteiger partial charge in [0.15, 0.2) is 0 Å². The van der Waals surface area contributed by atoms with Gasteiger partial charge in [0.25, 0.3) is 0 Å². The highest BCUT2D eigenvalue weighted by Gasteiger charge is 2.71. The van der Waals surface area contributed by atoms with Crippen molar-refractivity contribution in [2.45, 2.75) is 91.8 Å². The van der Waals surface area contributed by atoms with E-state index in [1.807, 2.05) is 6.92 Å². The predicted molar refractivity (Wildman–Crippen MR) is 120 cm³/mol. The van der Waals surface area contributed by atoms with E-state index in [9.17, 15) is 30.0 Å². The number of rotatable bonds is 3. The highest BCUT2D eigenvalue weighted by atomic mass is 16.4. The highest BCUT2D eigenvalue weighted by molar-refractivity contribution is 5.86. The van der Waals surface area contributed by atoms with Gasteiger partial charge < -0.3 is 20.4 Å². The SMILES string of the molecule is CC(=O)[C@@H]1[C@@H](O)CC2[C@]3(C)CCC4C(C)(C)CCC[C@]4(CO)C3C[C@@H](O)[C@]2(C)[C@H]1C(=O)O. The molecule has 0 saturated heterocycles. The predicted octanol–water partition coefficient (Wildman–Crippen LogP) is 3.27. The summed E-state index contributed by atoms with van der Waals surface area (Å²) in [5.41, 5.74) is -1.49. The van der Waals surface area contributed by atoms with E-state index < -0.39 is 35.4 Å². The van der Waals surface area contributed by atoms with E-state index >= 15 is 0 Å². The van der Waals surface area contributed by atoms with Crippen LogP contribution in [-0.4, -0.2) is 51.0 Å².